The predicted octanol–water partition coefficient (Wildman–Crippen LogP) is 2.64. The number of fused-ring (bicyclic) bond motifs is 1. The van der Waals surface area contributed by atoms with Gasteiger partial charge in [-0.15, -0.1) is 0 Å². The van der Waals surface area contributed by atoms with Crippen LogP contribution in [0.5, 0.6) is 5.75 Å². The number of benzene rings is 1. The van der Waals surface area contributed by atoms with Crippen molar-refractivity contribution >= 4 is 0 Å². The second-order valence-electron chi connectivity index (χ2n) is 6.09. The van der Waals surface area contributed by atoms with E-state index in [1.54, 1.807) is 7.11 Å². The Morgan fingerprint density at radius 2 is 2.16 bits per heavy atom. The Hall–Kier alpha value is -1.06. The highest BCUT2D eigenvalue weighted by Gasteiger charge is 2.29. The highest BCUT2D eigenvalue weighted by Crippen LogP contribution is 2.33. The molecule has 1 aliphatic rings. The molecule has 0 fully saturated rings. The SMILES string of the molecule is COCCNCC(C)(C)CC1Cc2ccccc2O1. The van der Waals surface area contributed by atoms with Crippen molar-refractivity contribution in [3.05, 3.63) is 29.8 Å². The van der Waals surface area contributed by atoms with Crippen LogP contribution in [0.4, 0.5) is 0 Å². The summed E-state index contributed by atoms with van der Waals surface area (Å²) >= 11 is 0. The first-order chi connectivity index (χ1) is 9.11. The molecule has 2 rings (SSSR count). The minimum absolute atomic E-state index is 0.237. The fraction of sp³-hybridized carbons (Fsp3) is 0.625. The molecule has 3 heteroatoms. The molecule has 1 unspecified atom stereocenters. The monoisotopic (exact) mass is 263 g/mol. The normalized spacial score (nSPS) is 18.2. The topological polar surface area (TPSA) is 30.5 Å². The zero-order chi connectivity index (χ0) is 13.7. The molecule has 0 aliphatic carbocycles. The summed E-state index contributed by atoms with van der Waals surface area (Å²) in [6.07, 6.45) is 2.43. The van der Waals surface area contributed by atoms with Gasteiger partial charge in [0.2, 0.25) is 0 Å². The molecular weight excluding hydrogens is 238 g/mol. The van der Waals surface area contributed by atoms with Gasteiger partial charge in [0.05, 0.1) is 6.61 Å². The molecular formula is C16H25NO2. The molecule has 1 heterocycles. The number of hydrogen-bond donors (Lipinski definition) is 1. The second-order valence-corrected chi connectivity index (χ2v) is 6.09. The van der Waals surface area contributed by atoms with Gasteiger partial charge in [-0.2, -0.15) is 0 Å². The Morgan fingerprint density at radius 1 is 1.37 bits per heavy atom. The number of methoxy groups -OCH3 is 1. The van der Waals surface area contributed by atoms with E-state index in [0.29, 0.717) is 6.10 Å². The molecule has 0 saturated carbocycles. The second kappa shape index (κ2) is 6.40. The summed E-state index contributed by atoms with van der Waals surface area (Å²) in [6, 6.07) is 8.36. The Kier molecular flexibility index (Phi) is 4.83. The van der Waals surface area contributed by atoms with E-state index in [4.69, 9.17) is 9.47 Å². The molecule has 1 N–H and O–H groups in total. The van der Waals surface area contributed by atoms with Crippen LogP contribution in [0.3, 0.4) is 0 Å². The van der Waals surface area contributed by atoms with Gasteiger partial charge in [0.1, 0.15) is 11.9 Å². The van der Waals surface area contributed by atoms with Crippen molar-refractivity contribution < 1.29 is 9.47 Å². The van der Waals surface area contributed by atoms with E-state index in [2.05, 4.69) is 37.4 Å². The van der Waals surface area contributed by atoms with E-state index in [1.165, 1.54) is 5.56 Å². The number of nitrogens with one attached hydrogen (secondary N) is 1. The average Bonchev–Trinajstić information content (AvgIpc) is 2.75. The highest BCUT2D eigenvalue weighted by molar-refractivity contribution is 5.37. The Bertz CT molecular complexity index is 378. The van der Waals surface area contributed by atoms with Crippen molar-refractivity contribution in [3.8, 4) is 5.75 Å². The van der Waals surface area contributed by atoms with Gasteiger partial charge in [-0.3, -0.25) is 0 Å². The molecule has 106 valence electrons. The maximum Gasteiger partial charge on any atom is 0.123 e. The van der Waals surface area contributed by atoms with Gasteiger partial charge in [0, 0.05) is 26.6 Å². The summed E-state index contributed by atoms with van der Waals surface area (Å²) in [4.78, 5) is 0. The van der Waals surface area contributed by atoms with Crippen LogP contribution in [0.1, 0.15) is 25.8 Å². The molecule has 0 spiro atoms. The molecule has 19 heavy (non-hydrogen) atoms. The lowest BCUT2D eigenvalue weighted by atomic mass is 9.85. The van der Waals surface area contributed by atoms with Crippen LogP contribution in [0.15, 0.2) is 24.3 Å². The smallest absolute Gasteiger partial charge is 0.123 e. The lowest BCUT2D eigenvalue weighted by Crippen LogP contribution is -2.35. The highest BCUT2D eigenvalue weighted by atomic mass is 16.5. The first-order valence-electron chi connectivity index (χ1n) is 7.05. The van der Waals surface area contributed by atoms with Crippen molar-refractivity contribution in [2.24, 2.45) is 5.41 Å². The number of ether oxygens (including phenoxy) is 2. The van der Waals surface area contributed by atoms with Gasteiger partial charge in [0.25, 0.3) is 0 Å². The van der Waals surface area contributed by atoms with Crippen LogP contribution >= 0.6 is 0 Å². The third-order valence-corrected chi connectivity index (χ3v) is 3.58. The van der Waals surface area contributed by atoms with Gasteiger partial charge in [-0.25, -0.2) is 0 Å². The van der Waals surface area contributed by atoms with Crippen molar-refractivity contribution in [1.29, 1.82) is 0 Å². The molecule has 3 nitrogen and oxygen atoms in total. The van der Waals surface area contributed by atoms with E-state index in [-0.39, 0.29) is 5.41 Å². The zero-order valence-electron chi connectivity index (χ0n) is 12.2. The zero-order valence-corrected chi connectivity index (χ0v) is 12.2. The van der Waals surface area contributed by atoms with Gasteiger partial charge in [-0.1, -0.05) is 32.0 Å². The number of hydrogen-bond acceptors (Lipinski definition) is 3. The van der Waals surface area contributed by atoms with Crippen molar-refractivity contribution in [2.45, 2.75) is 32.8 Å². The first kappa shape index (κ1) is 14.4. The lowest BCUT2D eigenvalue weighted by Gasteiger charge is -2.28. The minimum atomic E-state index is 0.237. The van der Waals surface area contributed by atoms with Gasteiger partial charge >= 0.3 is 0 Å². The fourth-order valence-corrected chi connectivity index (χ4v) is 2.66. The Morgan fingerprint density at radius 3 is 2.89 bits per heavy atom. The van der Waals surface area contributed by atoms with Crippen molar-refractivity contribution in [2.75, 3.05) is 26.8 Å². The van der Waals surface area contributed by atoms with Crippen LogP contribution in [0.2, 0.25) is 0 Å². The molecule has 0 aromatic heterocycles. The Balaban J connectivity index is 1.79. The first-order valence-corrected chi connectivity index (χ1v) is 7.05. The van der Waals surface area contributed by atoms with Gasteiger partial charge < -0.3 is 14.8 Å². The van der Waals surface area contributed by atoms with Gasteiger partial charge in [0.15, 0.2) is 0 Å². The van der Waals surface area contributed by atoms with Crippen molar-refractivity contribution in [3.63, 3.8) is 0 Å². The number of para-hydroxylation sites is 1. The summed E-state index contributed by atoms with van der Waals surface area (Å²) in [5.74, 6) is 1.07. The lowest BCUT2D eigenvalue weighted by molar-refractivity contribution is 0.149. The quantitative estimate of drug-likeness (QED) is 0.767. The molecule has 0 radical (unpaired) electrons. The third-order valence-electron chi connectivity index (χ3n) is 3.58. The summed E-state index contributed by atoms with van der Waals surface area (Å²) in [6.45, 7) is 7.25. The summed E-state index contributed by atoms with van der Waals surface area (Å²) in [5.41, 5.74) is 1.58. The summed E-state index contributed by atoms with van der Waals surface area (Å²) < 4.78 is 11.1. The maximum absolute atomic E-state index is 6.02. The third kappa shape index (κ3) is 4.22. The van der Waals surface area contributed by atoms with E-state index in [1.807, 2.05) is 6.07 Å². The number of rotatable bonds is 7. The molecule has 0 saturated heterocycles. The molecule has 0 bridgehead atoms. The van der Waals surface area contributed by atoms with Crippen LogP contribution in [0.25, 0.3) is 0 Å². The average molecular weight is 263 g/mol. The van der Waals surface area contributed by atoms with Crippen LogP contribution in [-0.4, -0.2) is 32.9 Å². The Labute approximate surface area is 116 Å². The summed E-state index contributed by atoms with van der Waals surface area (Å²) in [7, 11) is 1.73. The van der Waals surface area contributed by atoms with E-state index in [0.717, 1.165) is 38.3 Å². The minimum Gasteiger partial charge on any atom is -0.490 e. The molecule has 1 aliphatic heterocycles. The van der Waals surface area contributed by atoms with Gasteiger partial charge in [-0.05, 0) is 23.5 Å². The van der Waals surface area contributed by atoms with Crippen LogP contribution in [0, 0.1) is 5.41 Å². The molecule has 1 aromatic carbocycles. The van der Waals surface area contributed by atoms with E-state index in [9.17, 15) is 0 Å². The molecule has 0 amide bonds. The molecule has 1 atom stereocenters. The maximum atomic E-state index is 6.02. The molecule has 1 aromatic rings. The van der Waals surface area contributed by atoms with E-state index >= 15 is 0 Å². The van der Waals surface area contributed by atoms with Crippen molar-refractivity contribution in [1.82, 2.24) is 5.32 Å². The van der Waals surface area contributed by atoms with Crippen LogP contribution in [-0.2, 0) is 11.2 Å². The van der Waals surface area contributed by atoms with Crippen LogP contribution < -0.4 is 10.1 Å². The van der Waals surface area contributed by atoms with E-state index < -0.39 is 0 Å². The standard InChI is InChI=1S/C16H25NO2/c1-16(2,12-17-8-9-18-3)11-14-10-13-6-4-5-7-15(13)19-14/h4-7,14,17H,8-12H2,1-3H3. The predicted molar refractivity (Wildman–Crippen MR) is 77.7 cm³/mol. The fourth-order valence-electron chi connectivity index (χ4n) is 2.66. The largest absolute Gasteiger partial charge is 0.490 e. The summed E-state index contributed by atoms with van der Waals surface area (Å²) in [5, 5.41) is 3.44.